The number of nitrogens with one attached hydrogen (secondary N) is 1. The third-order valence-corrected chi connectivity index (χ3v) is 4.90. The predicted octanol–water partition coefficient (Wildman–Crippen LogP) is 4.39. The quantitative estimate of drug-likeness (QED) is 0.794. The van der Waals surface area contributed by atoms with Crippen molar-refractivity contribution >= 4 is 29.0 Å². The van der Waals surface area contributed by atoms with E-state index in [9.17, 15) is 9.59 Å². The molecule has 0 aliphatic carbocycles. The van der Waals surface area contributed by atoms with Crippen LogP contribution in [0.5, 0.6) is 0 Å². The summed E-state index contributed by atoms with van der Waals surface area (Å²) in [6.07, 6.45) is 1.93. The van der Waals surface area contributed by atoms with E-state index in [4.69, 9.17) is 11.6 Å². The molecule has 0 aromatic heterocycles. The number of halogens is 1. The summed E-state index contributed by atoms with van der Waals surface area (Å²) < 4.78 is 0. The van der Waals surface area contributed by atoms with Gasteiger partial charge in [0.05, 0.1) is 0 Å². The summed E-state index contributed by atoms with van der Waals surface area (Å²) in [6, 6.07) is 15.1. The number of ketones is 1. The second kappa shape index (κ2) is 8.47. The molecule has 26 heavy (non-hydrogen) atoms. The summed E-state index contributed by atoms with van der Waals surface area (Å²) in [4.78, 5) is 26.2. The summed E-state index contributed by atoms with van der Waals surface area (Å²) in [5, 5.41) is 3.37. The Morgan fingerprint density at radius 2 is 1.96 bits per heavy atom. The van der Waals surface area contributed by atoms with Gasteiger partial charge in [-0.05, 0) is 49.2 Å². The van der Waals surface area contributed by atoms with E-state index < -0.39 is 0 Å². The largest absolute Gasteiger partial charge is 0.326 e. The van der Waals surface area contributed by atoms with Crippen molar-refractivity contribution in [3.05, 3.63) is 64.7 Å². The van der Waals surface area contributed by atoms with Crippen LogP contribution in [0.15, 0.2) is 48.5 Å². The Morgan fingerprint density at radius 3 is 2.65 bits per heavy atom. The molecule has 1 heterocycles. The SMILES string of the molecule is CC(=O)Nc1ccc(CN2CCC[C@H](C(=O)c3cccc(Cl)c3)C2)cc1. The van der Waals surface area contributed by atoms with Gasteiger partial charge in [-0.25, -0.2) is 0 Å². The van der Waals surface area contributed by atoms with E-state index in [-0.39, 0.29) is 17.6 Å². The first-order chi connectivity index (χ1) is 12.5. The summed E-state index contributed by atoms with van der Waals surface area (Å²) in [7, 11) is 0. The molecule has 1 fully saturated rings. The topological polar surface area (TPSA) is 49.4 Å². The minimum atomic E-state index is -0.0730. The number of likely N-dealkylation sites (tertiary alicyclic amines) is 1. The Labute approximate surface area is 159 Å². The fourth-order valence-electron chi connectivity index (χ4n) is 3.45. The zero-order valence-corrected chi connectivity index (χ0v) is 15.6. The molecule has 2 aromatic rings. The highest BCUT2D eigenvalue weighted by Crippen LogP contribution is 2.24. The van der Waals surface area contributed by atoms with Crippen molar-refractivity contribution in [3.63, 3.8) is 0 Å². The Bertz CT molecular complexity index is 789. The number of rotatable bonds is 5. The van der Waals surface area contributed by atoms with Gasteiger partial charge in [-0.1, -0.05) is 35.9 Å². The second-order valence-electron chi connectivity index (χ2n) is 6.83. The molecule has 0 unspecified atom stereocenters. The molecule has 1 N–H and O–H groups in total. The lowest BCUT2D eigenvalue weighted by Gasteiger charge is -2.32. The van der Waals surface area contributed by atoms with Gasteiger partial charge < -0.3 is 5.32 Å². The number of nitrogens with zero attached hydrogens (tertiary/aromatic N) is 1. The molecule has 1 aliphatic rings. The van der Waals surface area contributed by atoms with Crippen molar-refractivity contribution in [2.75, 3.05) is 18.4 Å². The van der Waals surface area contributed by atoms with Gasteiger partial charge in [-0.2, -0.15) is 0 Å². The Morgan fingerprint density at radius 1 is 1.19 bits per heavy atom. The maximum absolute atomic E-state index is 12.8. The van der Waals surface area contributed by atoms with E-state index >= 15 is 0 Å². The maximum Gasteiger partial charge on any atom is 0.221 e. The lowest BCUT2D eigenvalue weighted by molar-refractivity contribution is -0.114. The van der Waals surface area contributed by atoms with Gasteiger partial charge in [0.25, 0.3) is 0 Å². The van der Waals surface area contributed by atoms with Crippen LogP contribution in [0.4, 0.5) is 5.69 Å². The Hall–Kier alpha value is -2.17. The van der Waals surface area contributed by atoms with E-state index in [0.29, 0.717) is 10.6 Å². The first kappa shape index (κ1) is 18.6. The van der Waals surface area contributed by atoms with Crippen LogP contribution in [-0.2, 0) is 11.3 Å². The van der Waals surface area contributed by atoms with Gasteiger partial charge >= 0.3 is 0 Å². The summed E-state index contributed by atoms with van der Waals surface area (Å²) in [5.74, 6) is 0.121. The van der Waals surface area contributed by atoms with Gasteiger partial charge in [0.15, 0.2) is 5.78 Å². The molecule has 2 aromatic carbocycles. The van der Waals surface area contributed by atoms with Crippen LogP contribution < -0.4 is 5.32 Å². The molecule has 3 rings (SSSR count). The molecular weight excluding hydrogens is 348 g/mol. The lowest BCUT2D eigenvalue weighted by atomic mass is 9.90. The highest BCUT2D eigenvalue weighted by Gasteiger charge is 2.26. The standard InChI is InChI=1S/C21H23ClN2O2/c1-15(25)23-20-9-7-16(8-10-20)13-24-11-3-5-18(14-24)21(26)17-4-2-6-19(22)12-17/h2,4,6-10,12,18H,3,5,11,13-14H2,1H3,(H,23,25)/t18-/m0/s1. The highest BCUT2D eigenvalue weighted by molar-refractivity contribution is 6.31. The number of hydrogen-bond acceptors (Lipinski definition) is 3. The van der Waals surface area contributed by atoms with Crippen LogP contribution in [0, 0.1) is 5.92 Å². The van der Waals surface area contributed by atoms with E-state index in [1.54, 1.807) is 12.1 Å². The van der Waals surface area contributed by atoms with E-state index in [1.165, 1.54) is 12.5 Å². The van der Waals surface area contributed by atoms with Crippen LogP contribution >= 0.6 is 11.6 Å². The number of anilines is 1. The van der Waals surface area contributed by atoms with E-state index in [0.717, 1.165) is 38.2 Å². The third kappa shape index (κ3) is 4.93. The predicted molar refractivity (Wildman–Crippen MR) is 105 cm³/mol. The summed E-state index contributed by atoms with van der Waals surface area (Å²) in [5.41, 5.74) is 2.67. The number of amides is 1. The van der Waals surface area contributed by atoms with E-state index in [2.05, 4.69) is 10.2 Å². The third-order valence-electron chi connectivity index (χ3n) is 4.67. The van der Waals surface area contributed by atoms with Gasteiger partial charge in [0.1, 0.15) is 0 Å². The van der Waals surface area contributed by atoms with Crippen molar-refractivity contribution < 1.29 is 9.59 Å². The Balaban J connectivity index is 1.61. The van der Waals surface area contributed by atoms with Gasteiger partial charge in [-0.15, -0.1) is 0 Å². The number of Topliss-reactive ketones (excluding diaryl/α,β-unsaturated/α-hetero) is 1. The molecule has 0 radical (unpaired) electrons. The van der Waals surface area contributed by atoms with Crippen LogP contribution in [0.3, 0.4) is 0 Å². The number of benzene rings is 2. The molecule has 0 bridgehead atoms. The normalized spacial score (nSPS) is 17.7. The molecule has 136 valence electrons. The molecule has 1 amide bonds. The highest BCUT2D eigenvalue weighted by atomic mass is 35.5. The van der Waals surface area contributed by atoms with Crippen molar-refractivity contribution in [1.82, 2.24) is 4.90 Å². The van der Waals surface area contributed by atoms with Crippen LogP contribution in [-0.4, -0.2) is 29.7 Å². The number of carbonyl (C=O) groups is 2. The summed E-state index contributed by atoms with van der Waals surface area (Å²) in [6.45, 7) is 4.06. The van der Waals surface area contributed by atoms with Crippen molar-refractivity contribution in [3.8, 4) is 0 Å². The van der Waals surface area contributed by atoms with E-state index in [1.807, 2.05) is 36.4 Å². The molecule has 5 heteroatoms. The molecule has 0 spiro atoms. The molecule has 0 saturated carbocycles. The summed E-state index contributed by atoms with van der Waals surface area (Å²) >= 11 is 6.02. The van der Waals surface area contributed by atoms with Crippen LogP contribution in [0.1, 0.15) is 35.7 Å². The zero-order valence-electron chi connectivity index (χ0n) is 14.9. The molecular formula is C21H23ClN2O2. The van der Waals surface area contributed by atoms with Crippen molar-refractivity contribution in [1.29, 1.82) is 0 Å². The van der Waals surface area contributed by atoms with Gasteiger partial charge in [0.2, 0.25) is 5.91 Å². The first-order valence-electron chi connectivity index (χ1n) is 8.90. The average molecular weight is 371 g/mol. The smallest absolute Gasteiger partial charge is 0.221 e. The number of carbonyl (C=O) groups excluding carboxylic acids is 2. The lowest BCUT2D eigenvalue weighted by Crippen LogP contribution is -2.38. The molecule has 1 atom stereocenters. The van der Waals surface area contributed by atoms with Gasteiger partial charge in [-0.3, -0.25) is 14.5 Å². The first-order valence-corrected chi connectivity index (χ1v) is 9.28. The zero-order chi connectivity index (χ0) is 18.5. The average Bonchev–Trinajstić information content (AvgIpc) is 2.62. The fraction of sp³-hybridized carbons (Fsp3) is 0.333. The van der Waals surface area contributed by atoms with Crippen molar-refractivity contribution in [2.45, 2.75) is 26.3 Å². The maximum atomic E-state index is 12.8. The minimum absolute atomic E-state index is 0.0147. The number of hydrogen-bond donors (Lipinski definition) is 1. The van der Waals surface area contributed by atoms with Gasteiger partial charge in [0, 0.05) is 42.2 Å². The monoisotopic (exact) mass is 370 g/mol. The number of piperidine rings is 1. The Kier molecular flexibility index (Phi) is 6.07. The molecule has 1 aliphatic heterocycles. The van der Waals surface area contributed by atoms with Crippen LogP contribution in [0.2, 0.25) is 5.02 Å². The second-order valence-corrected chi connectivity index (χ2v) is 7.26. The fourth-order valence-corrected chi connectivity index (χ4v) is 3.64. The molecule has 1 saturated heterocycles. The minimum Gasteiger partial charge on any atom is -0.326 e. The molecule has 4 nitrogen and oxygen atoms in total. The van der Waals surface area contributed by atoms with Crippen molar-refractivity contribution in [2.24, 2.45) is 5.92 Å². The van der Waals surface area contributed by atoms with Crippen LogP contribution in [0.25, 0.3) is 0 Å².